The first kappa shape index (κ1) is 16.8. The summed E-state index contributed by atoms with van der Waals surface area (Å²) in [6.07, 6.45) is 1.73. The maximum Gasteiger partial charge on any atom is 0.335 e. The standard InChI is InChI=1S/C15H17FN2O5S/c16-11-3-2-10(13(19)20)8-12(11)24(22,23)18-7-5-15(9-18)4-1-6-17-14(15)21/h2-3,8H,1,4-7,9H2,(H,17,21)(H,19,20). The molecule has 2 aliphatic rings. The molecule has 0 saturated carbocycles. The Labute approximate surface area is 138 Å². The highest BCUT2D eigenvalue weighted by Gasteiger charge is 2.49. The van der Waals surface area contributed by atoms with E-state index in [1.165, 1.54) is 0 Å². The van der Waals surface area contributed by atoms with Crippen LogP contribution in [0.3, 0.4) is 0 Å². The number of nitrogens with zero attached hydrogens (tertiary/aromatic N) is 1. The van der Waals surface area contributed by atoms with Crippen molar-refractivity contribution in [3.05, 3.63) is 29.6 Å². The van der Waals surface area contributed by atoms with E-state index >= 15 is 0 Å². The number of rotatable bonds is 3. The van der Waals surface area contributed by atoms with E-state index in [1.54, 1.807) is 0 Å². The van der Waals surface area contributed by atoms with E-state index in [4.69, 9.17) is 5.11 Å². The van der Waals surface area contributed by atoms with Gasteiger partial charge in [-0.1, -0.05) is 0 Å². The second kappa shape index (κ2) is 5.82. The average Bonchev–Trinajstić information content (AvgIpc) is 2.96. The van der Waals surface area contributed by atoms with Gasteiger partial charge < -0.3 is 10.4 Å². The summed E-state index contributed by atoms with van der Waals surface area (Å²) in [6, 6.07) is 2.66. The van der Waals surface area contributed by atoms with Gasteiger partial charge in [-0.2, -0.15) is 4.31 Å². The predicted molar refractivity (Wildman–Crippen MR) is 81.4 cm³/mol. The van der Waals surface area contributed by atoms with Gasteiger partial charge in [0.05, 0.1) is 11.0 Å². The number of hydrogen-bond donors (Lipinski definition) is 2. The van der Waals surface area contributed by atoms with Crippen LogP contribution in [0.25, 0.3) is 0 Å². The molecular weight excluding hydrogens is 339 g/mol. The Hall–Kier alpha value is -2.00. The van der Waals surface area contributed by atoms with Crippen molar-refractivity contribution in [2.45, 2.75) is 24.2 Å². The number of benzene rings is 1. The fraction of sp³-hybridized carbons (Fsp3) is 0.467. The molecule has 2 fully saturated rings. The third-order valence-corrected chi connectivity index (χ3v) is 6.57. The van der Waals surface area contributed by atoms with Crippen LogP contribution < -0.4 is 5.32 Å². The monoisotopic (exact) mass is 356 g/mol. The summed E-state index contributed by atoms with van der Waals surface area (Å²) in [7, 11) is -4.21. The number of carbonyl (C=O) groups excluding carboxylic acids is 1. The van der Waals surface area contributed by atoms with Crippen molar-refractivity contribution < 1.29 is 27.5 Å². The highest BCUT2D eigenvalue weighted by atomic mass is 32.2. The van der Waals surface area contributed by atoms with Crippen LogP contribution in [-0.4, -0.2) is 49.3 Å². The number of carboxylic acid groups (broad SMARTS) is 1. The Morgan fingerprint density at radius 1 is 1.33 bits per heavy atom. The summed E-state index contributed by atoms with van der Waals surface area (Å²) in [5.41, 5.74) is -1.08. The zero-order valence-corrected chi connectivity index (χ0v) is 13.6. The van der Waals surface area contributed by atoms with Crippen LogP contribution in [0.15, 0.2) is 23.1 Å². The lowest BCUT2D eigenvalue weighted by Gasteiger charge is -2.32. The predicted octanol–water partition coefficient (Wildman–Crippen LogP) is 0.815. The molecule has 0 bridgehead atoms. The number of nitrogens with one attached hydrogen (secondary N) is 1. The summed E-state index contributed by atoms with van der Waals surface area (Å²) in [6.45, 7) is 0.660. The number of aromatic carboxylic acids is 1. The second-order valence-electron chi connectivity index (χ2n) is 6.18. The van der Waals surface area contributed by atoms with Crippen molar-refractivity contribution in [2.24, 2.45) is 5.41 Å². The Morgan fingerprint density at radius 2 is 2.08 bits per heavy atom. The molecule has 2 aliphatic heterocycles. The molecule has 0 aliphatic carbocycles. The molecule has 1 unspecified atom stereocenters. The Bertz CT molecular complexity index is 810. The molecule has 1 amide bonds. The summed E-state index contributed by atoms with van der Waals surface area (Å²) in [5, 5.41) is 11.7. The zero-order valence-electron chi connectivity index (χ0n) is 12.8. The maximum atomic E-state index is 14.0. The fourth-order valence-electron chi connectivity index (χ4n) is 3.33. The lowest BCUT2D eigenvalue weighted by atomic mass is 9.79. The second-order valence-corrected chi connectivity index (χ2v) is 8.09. The van der Waals surface area contributed by atoms with Gasteiger partial charge in [0.1, 0.15) is 10.7 Å². The molecular formula is C15H17FN2O5S. The maximum absolute atomic E-state index is 14.0. The number of sulfonamides is 1. The lowest BCUT2D eigenvalue weighted by Crippen LogP contribution is -2.47. The van der Waals surface area contributed by atoms with Crippen LogP contribution in [0, 0.1) is 11.2 Å². The van der Waals surface area contributed by atoms with Crippen molar-refractivity contribution in [3.63, 3.8) is 0 Å². The van der Waals surface area contributed by atoms with Gasteiger partial charge in [0, 0.05) is 19.6 Å². The molecule has 1 aromatic rings. The third-order valence-electron chi connectivity index (χ3n) is 4.71. The van der Waals surface area contributed by atoms with Crippen LogP contribution in [0.4, 0.5) is 4.39 Å². The normalized spacial score (nSPS) is 25.0. The summed E-state index contributed by atoms with van der Waals surface area (Å²) in [4.78, 5) is 22.5. The molecule has 0 radical (unpaired) electrons. The molecule has 130 valence electrons. The van der Waals surface area contributed by atoms with Crippen molar-refractivity contribution in [3.8, 4) is 0 Å². The van der Waals surface area contributed by atoms with Gasteiger partial charge in [0.25, 0.3) is 0 Å². The van der Waals surface area contributed by atoms with Crippen molar-refractivity contribution in [2.75, 3.05) is 19.6 Å². The minimum atomic E-state index is -4.21. The van der Waals surface area contributed by atoms with Crippen molar-refractivity contribution >= 4 is 21.9 Å². The molecule has 1 atom stereocenters. The van der Waals surface area contributed by atoms with Crippen LogP contribution >= 0.6 is 0 Å². The van der Waals surface area contributed by atoms with E-state index in [1.807, 2.05) is 0 Å². The van der Waals surface area contributed by atoms with Crippen molar-refractivity contribution in [1.82, 2.24) is 9.62 Å². The quantitative estimate of drug-likeness (QED) is 0.834. The number of hydrogen-bond acceptors (Lipinski definition) is 4. The van der Waals surface area contributed by atoms with Gasteiger partial charge >= 0.3 is 5.97 Å². The first-order valence-electron chi connectivity index (χ1n) is 7.58. The number of halogens is 1. The zero-order chi connectivity index (χ0) is 17.5. The molecule has 2 heterocycles. The van der Waals surface area contributed by atoms with Gasteiger partial charge in [-0.3, -0.25) is 4.79 Å². The van der Waals surface area contributed by atoms with E-state index in [0.717, 1.165) is 28.9 Å². The smallest absolute Gasteiger partial charge is 0.335 e. The van der Waals surface area contributed by atoms with Gasteiger partial charge in [-0.25, -0.2) is 17.6 Å². The SMILES string of the molecule is O=C(O)c1ccc(F)c(S(=O)(=O)N2CCC3(CCCNC3=O)C2)c1. The first-order chi connectivity index (χ1) is 11.3. The van der Waals surface area contributed by atoms with Crippen LogP contribution in [0.5, 0.6) is 0 Å². The molecule has 7 nitrogen and oxygen atoms in total. The highest BCUT2D eigenvalue weighted by Crippen LogP contribution is 2.39. The lowest BCUT2D eigenvalue weighted by molar-refractivity contribution is -0.132. The Morgan fingerprint density at radius 3 is 2.75 bits per heavy atom. The van der Waals surface area contributed by atoms with Crippen LogP contribution in [0.2, 0.25) is 0 Å². The summed E-state index contributed by atoms with van der Waals surface area (Å²) < 4.78 is 40.5. The molecule has 2 saturated heterocycles. The number of amides is 1. The van der Waals surface area contributed by atoms with E-state index in [0.29, 0.717) is 19.4 Å². The summed E-state index contributed by atoms with van der Waals surface area (Å²) in [5.74, 6) is -2.52. The minimum Gasteiger partial charge on any atom is -0.478 e. The largest absolute Gasteiger partial charge is 0.478 e. The van der Waals surface area contributed by atoms with Crippen molar-refractivity contribution in [1.29, 1.82) is 0 Å². The number of piperidine rings is 1. The molecule has 0 aromatic heterocycles. The van der Waals surface area contributed by atoms with Gasteiger partial charge in [-0.15, -0.1) is 0 Å². The first-order valence-corrected chi connectivity index (χ1v) is 9.02. The fourth-order valence-corrected chi connectivity index (χ4v) is 4.95. The van der Waals surface area contributed by atoms with Crippen LogP contribution in [-0.2, 0) is 14.8 Å². The third kappa shape index (κ3) is 2.67. The highest BCUT2D eigenvalue weighted by molar-refractivity contribution is 7.89. The topological polar surface area (TPSA) is 104 Å². The Kier molecular flexibility index (Phi) is 4.08. The van der Waals surface area contributed by atoms with Gasteiger partial charge in [0.15, 0.2) is 0 Å². The van der Waals surface area contributed by atoms with Gasteiger partial charge in [-0.05, 0) is 37.5 Å². The van der Waals surface area contributed by atoms with E-state index in [2.05, 4.69) is 5.32 Å². The number of carboxylic acids is 1. The minimum absolute atomic E-state index is 0.0160. The summed E-state index contributed by atoms with van der Waals surface area (Å²) >= 11 is 0. The Balaban J connectivity index is 1.93. The molecule has 24 heavy (non-hydrogen) atoms. The molecule has 1 spiro atoms. The molecule has 9 heteroatoms. The molecule has 1 aromatic carbocycles. The van der Waals surface area contributed by atoms with Crippen LogP contribution in [0.1, 0.15) is 29.6 Å². The molecule has 2 N–H and O–H groups in total. The molecule has 3 rings (SSSR count). The van der Waals surface area contributed by atoms with E-state index in [-0.39, 0.29) is 24.6 Å². The van der Waals surface area contributed by atoms with Gasteiger partial charge in [0.2, 0.25) is 15.9 Å². The number of carbonyl (C=O) groups is 2. The van der Waals surface area contributed by atoms with E-state index in [9.17, 15) is 22.4 Å². The van der Waals surface area contributed by atoms with E-state index < -0.39 is 32.1 Å². The average molecular weight is 356 g/mol.